The van der Waals surface area contributed by atoms with E-state index in [1.165, 1.54) is 10.0 Å². The minimum Gasteiger partial charge on any atom is -0.244 e. The number of fused-ring (bicyclic) bond motifs is 1. The van der Waals surface area contributed by atoms with Gasteiger partial charge in [0.15, 0.2) is 0 Å². The average molecular weight is 270 g/mol. The molecule has 1 heterocycles. The molecule has 0 atom stereocenters. The smallest absolute Gasteiger partial charge is 0.242 e. The fourth-order valence-corrected chi connectivity index (χ4v) is 3.20. The molecule has 1 aromatic heterocycles. The number of hydrogen-bond acceptors (Lipinski definition) is 2. The number of hydrogen-bond donors (Lipinski definition) is 0. The highest BCUT2D eigenvalue weighted by Crippen LogP contribution is 2.24. The van der Waals surface area contributed by atoms with Crippen LogP contribution in [-0.4, -0.2) is 18.1 Å². The van der Waals surface area contributed by atoms with Crippen molar-refractivity contribution in [3.8, 4) is 0 Å². The van der Waals surface area contributed by atoms with Gasteiger partial charge in [-0.05, 0) is 11.6 Å². The maximum Gasteiger partial charge on any atom is 0.242 e. The lowest BCUT2D eigenvalue weighted by molar-refractivity contribution is 0.592. The van der Waals surface area contributed by atoms with Gasteiger partial charge < -0.3 is 0 Å². The number of rotatable bonds is 4. The molecular weight excluding hydrogens is 258 g/mol. The van der Waals surface area contributed by atoms with Gasteiger partial charge in [-0.2, -0.15) is 0 Å². The van der Waals surface area contributed by atoms with Crippen LogP contribution in [0, 0.1) is 0 Å². The summed E-state index contributed by atoms with van der Waals surface area (Å²) in [6.45, 7) is 3.46. The molecule has 17 heavy (non-hydrogen) atoms. The quantitative estimate of drug-likeness (QED) is 0.632. The largest absolute Gasteiger partial charge is 0.244 e. The van der Waals surface area contributed by atoms with Gasteiger partial charge in [0, 0.05) is 17.5 Å². The minimum atomic E-state index is -3.39. The second kappa shape index (κ2) is 4.55. The van der Waals surface area contributed by atoms with Crippen LogP contribution < -0.4 is 0 Å². The van der Waals surface area contributed by atoms with E-state index in [9.17, 15) is 8.42 Å². The summed E-state index contributed by atoms with van der Waals surface area (Å²) in [5, 5.41) is 0.870. The van der Waals surface area contributed by atoms with Crippen LogP contribution in [0.3, 0.4) is 0 Å². The number of para-hydroxylation sites is 1. The third kappa shape index (κ3) is 2.10. The standard InChI is InChI=1S/C12H12ClNO2S/c1-2-7-17(15,16)14-9-10(8-13)11-5-3-4-6-12(11)14/h2-6,9H,1,7-8H2. The molecule has 0 N–H and O–H groups in total. The summed E-state index contributed by atoms with van der Waals surface area (Å²) >= 11 is 5.82. The summed E-state index contributed by atoms with van der Waals surface area (Å²) in [6, 6.07) is 7.31. The van der Waals surface area contributed by atoms with E-state index in [0.29, 0.717) is 5.52 Å². The molecule has 0 bridgehead atoms. The van der Waals surface area contributed by atoms with E-state index in [2.05, 4.69) is 6.58 Å². The van der Waals surface area contributed by atoms with E-state index in [-0.39, 0.29) is 11.6 Å². The molecule has 0 saturated heterocycles. The zero-order valence-electron chi connectivity index (χ0n) is 9.14. The van der Waals surface area contributed by atoms with Crippen LogP contribution in [0.2, 0.25) is 0 Å². The van der Waals surface area contributed by atoms with Gasteiger partial charge in [0.2, 0.25) is 10.0 Å². The van der Waals surface area contributed by atoms with E-state index >= 15 is 0 Å². The Bertz CT molecular complexity index is 658. The SMILES string of the molecule is C=CCS(=O)(=O)n1cc(CCl)c2ccccc21. The Kier molecular flexibility index (Phi) is 3.26. The predicted octanol–water partition coefficient (Wildman–Crippen LogP) is 2.74. The van der Waals surface area contributed by atoms with E-state index in [4.69, 9.17) is 11.6 Å². The first-order valence-electron chi connectivity index (χ1n) is 5.09. The van der Waals surface area contributed by atoms with Crippen LogP contribution in [0.25, 0.3) is 10.9 Å². The zero-order valence-corrected chi connectivity index (χ0v) is 10.7. The summed E-state index contributed by atoms with van der Waals surface area (Å²) in [5.74, 6) is 0.199. The number of halogens is 1. The Balaban J connectivity index is 2.75. The topological polar surface area (TPSA) is 39.1 Å². The summed E-state index contributed by atoms with van der Waals surface area (Å²) in [7, 11) is -3.39. The van der Waals surface area contributed by atoms with Gasteiger partial charge in [-0.15, -0.1) is 18.2 Å². The Morgan fingerprint density at radius 1 is 1.35 bits per heavy atom. The molecule has 90 valence electrons. The number of benzene rings is 1. The monoisotopic (exact) mass is 269 g/mol. The van der Waals surface area contributed by atoms with Crippen molar-refractivity contribution < 1.29 is 8.42 Å². The second-order valence-electron chi connectivity index (χ2n) is 3.67. The van der Waals surface area contributed by atoms with Crippen molar-refractivity contribution in [3.05, 3.63) is 48.7 Å². The molecule has 3 nitrogen and oxygen atoms in total. The summed E-state index contributed by atoms with van der Waals surface area (Å²) in [5.41, 5.74) is 1.47. The summed E-state index contributed by atoms with van der Waals surface area (Å²) < 4.78 is 25.3. The van der Waals surface area contributed by atoms with Crippen molar-refractivity contribution in [3.63, 3.8) is 0 Å². The van der Waals surface area contributed by atoms with Crippen LogP contribution >= 0.6 is 11.6 Å². The molecule has 0 aliphatic carbocycles. The van der Waals surface area contributed by atoms with Crippen LogP contribution in [0.4, 0.5) is 0 Å². The van der Waals surface area contributed by atoms with Gasteiger partial charge in [0.25, 0.3) is 0 Å². The first-order chi connectivity index (χ1) is 8.10. The van der Waals surface area contributed by atoms with Gasteiger partial charge in [-0.3, -0.25) is 0 Å². The fraction of sp³-hybridized carbons (Fsp3) is 0.167. The Labute approximate surface area is 105 Å². The molecule has 0 amide bonds. The lowest BCUT2D eigenvalue weighted by atomic mass is 10.2. The highest BCUT2D eigenvalue weighted by Gasteiger charge is 2.16. The molecular formula is C12H12ClNO2S. The molecule has 0 unspecified atom stereocenters. The number of nitrogens with zero attached hydrogens (tertiary/aromatic N) is 1. The van der Waals surface area contributed by atoms with Crippen molar-refractivity contribution >= 4 is 32.5 Å². The van der Waals surface area contributed by atoms with E-state index in [1.807, 2.05) is 12.1 Å². The lowest BCUT2D eigenvalue weighted by Crippen LogP contribution is -2.14. The summed E-state index contributed by atoms with van der Waals surface area (Å²) in [4.78, 5) is 0. The van der Waals surface area contributed by atoms with Gasteiger partial charge in [-0.1, -0.05) is 24.3 Å². The zero-order chi connectivity index (χ0) is 12.5. The Hall–Kier alpha value is -1.26. The highest BCUT2D eigenvalue weighted by molar-refractivity contribution is 7.90. The molecule has 2 rings (SSSR count). The first kappa shape index (κ1) is 12.2. The Morgan fingerprint density at radius 3 is 2.71 bits per heavy atom. The first-order valence-corrected chi connectivity index (χ1v) is 7.23. The van der Waals surface area contributed by atoms with Crippen molar-refractivity contribution in [1.29, 1.82) is 0 Å². The highest BCUT2D eigenvalue weighted by atomic mass is 35.5. The summed E-state index contributed by atoms with van der Waals surface area (Å²) in [6.07, 6.45) is 2.96. The van der Waals surface area contributed by atoms with Crippen molar-refractivity contribution in [1.82, 2.24) is 3.97 Å². The molecule has 0 fully saturated rings. The van der Waals surface area contributed by atoms with Crippen LogP contribution in [0.15, 0.2) is 43.1 Å². The fourth-order valence-electron chi connectivity index (χ4n) is 1.78. The van der Waals surface area contributed by atoms with Crippen molar-refractivity contribution in [2.75, 3.05) is 5.75 Å². The molecule has 0 spiro atoms. The third-order valence-corrected chi connectivity index (χ3v) is 4.38. The maximum atomic E-state index is 12.0. The minimum absolute atomic E-state index is 0.0899. The van der Waals surface area contributed by atoms with Gasteiger partial charge in [0.05, 0.1) is 11.3 Å². The molecule has 1 aromatic carbocycles. The van der Waals surface area contributed by atoms with Gasteiger partial charge in [0.1, 0.15) is 0 Å². The number of alkyl halides is 1. The third-order valence-electron chi connectivity index (χ3n) is 2.53. The predicted molar refractivity (Wildman–Crippen MR) is 70.9 cm³/mol. The van der Waals surface area contributed by atoms with E-state index in [1.54, 1.807) is 18.3 Å². The molecule has 0 saturated carbocycles. The van der Waals surface area contributed by atoms with Crippen LogP contribution in [0.5, 0.6) is 0 Å². The number of aromatic nitrogens is 1. The normalized spacial score (nSPS) is 11.8. The molecule has 2 aromatic rings. The van der Waals surface area contributed by atoms with Gasteiger partial charge >= 0.3 is 0 Å². The van der Waals surface area contributed by atoms with Crippen LogP contribution in [-0.2, 0) is 15.9 Å². The lowest BCUT2D eigenvalue weighted by Gasteiger charge is -2.04. The van der Waals surface area contributed by atoms with E-state index in [0.717, 1.165) is 10.9 Å². The van der Waals surface area contributed by atoms with E-state index < -0.39 is 10.0 Å². The van der Waals surface area contributed by atoms with Crippen LogP contribution in [0.1, 0.15) is 5.56 Å². The molecule has 0 aliphatic heterocycles. The molecule has 0 aliphatic rings. The Morgan fingerprint density at radius 2 is 2.06 bits per heavy atom. The van der Waals surface area contributed by atoms with Crippen molar-refractivity contribution in [2.45, 2.75) is 5.88 Å². The molecule has 5 heteroatoms. The maximum absolute atomic E-state index is 12.0. The second-order valence-corrected chi connectivity index (χ2v) is 5.83. The molecule has 0 radical (unpaired) electrons. The van der Waals surface area contributed by atoms with Gasteiger partial charge in [-0.25, -0.2) is 12.4 Å². The average Bonchev–Trinajstić information content (AvgIpc) is 2.68. The van der Waals surface area contributed by atoms with Crippen molar-refractivity contribution in [2.24, 2.45) is 0 Å².